The number of ketones is 1. The second kappa shape index (κ2) is 4.61. The minimum atomic E-state index is -0.0172. The summed E-state index contributed by atoms with van der Waals surface area (Å²) < 4.78 is 5.42. The summed E-state index contributed by atoms with van der Waals surface area (Å²) in [6.07, 6.45) is 1.81. The van der Waals surface area contributed by atoms with Crippen LogP contribution < -0.4 is 0 Å². The third kappa shape index (κ3) is 2.35. The van der Waals surface area contributed by atoms with E-state index in [0.29, 0.717) is 22.7 Å². The molecule has 94 valence electrons. The molecule has 3 rings (SSSR count). The zero-order valence-electron chi connectivity index (χ0n) is 10.3. The van der Waals surface area contributed by atoms with Crippen LogP contribution in [0.1, 0.15) is 21.9 Å². The molecule has 0 saturated carbocycles. The van der Waals surface area contributed by atoms with Gasteiger partial charge in [-0.15, -0.1) is 0 Å². The van der Waals surface area contributed by atoms with Crippen molar-refractivity contribution in [2.75, 3.05) is 0 Å². The fraction of sp³-hybridized carbons (Fsp3) is 0.143. The molecule has 0 bridgehead atoms. The van der Waals surface area contributed by atoms with Crippen molar-refractivity contribution >= 4 is 16.9 Å². The molecule has 0 N–H and O–H groups in total. The van der Waals surface area contributed by atoms with Crippen molar-refractivity contribution < 1.29 is 9.21 Å². The Morgan fingerprint density at radius 1 is 1.32 bits per heavy atom. The van der Waals surface area contributed by atoms with Crippen LogP contribution in [-0.2, 0) is 6.42 Å². The molecule has 2 aromatic heterocycles. The molecule has 2 heterocycles. The molecule has 0 spiro atoms. The summed E-state index contributed by atoms with van der Waals surface area (Å²) in [5, 5.41) is 7.66. The molecule has 0 radical (unpaired) electrons. The lowest BCUT2D eigenvalue weighted by atomic mass is 10.1. The quantitative estimate of drug-likeness (QED) is 0.670. The second-order valence-corrected chi connectivity index (χ2v) is 4.23. The molecular formula is C14H11N3O2. The first-order valence-corrected chi connectivity index (χ1v) is 5.89. The summed E-state index contributed by atoms with van der Waals surface area (Å²) in [7, 11) is 0. The highest BCUT2D eigenvalue weighted by molar-refractivity contribution is 5.99. The maximum absolute atomic E-state index is 12.1. The summed E-state index contributed by atoms with van der Waals surface area (Å²) in [6.45, 7) is 1.78. The number of carbonyl (C=O) groups excluding carboxylic acids is 1. The first kappa shape index (κ1) is 11.5. The molecule has 0 saturated heterocycles. The lowest BCUT2D eigenvalue weighted by Crippen LogP contribution is -2.05. The van der Waals surface area contributed by atoms with Crippen LogP contribution in [-0.4, -0.2) is 21.0 Å². The maximum atomic E-state index is 12.1. The molecule has 19 heavy (non-hydrogen) atoms. The van der Waals surface area contributed by atoms with E-state index in [9.17, 15) is 4.79 Å². The molecule has 0 fully saturated rings. The van der Waals surface area contributed by atoms with E-state index in [-0.39, 0.29) is 12.2 Å². The summed E-state index contributed by atoms with van der Waals surface area (Å²) in [4.78, 5) is 16.3. The molecule has 5 nitrogen and oxygen atoms in total. The largest absolute Gasteiger partial charge is 0.441 e. The van der Waals surface area contributed by atoms with Crippen molar-refractivity contribution in [3.05, 3.63) is 53.7 Å². The molecule has 0 amide bonds. The number of oxazole rings is 1. The van der Waals surface area contributed by atoms with Crippen molar-refractivity contribution in [3.8, 4) is 0 Å². The van der Waals surface area contributed by atoms with E-state index in [1.807, 2.05) is 0 Å². The highest BCUT2D eigenvalue weighted by Crippen LogP contribution is 2.17. The molecule has 5 heteroatoms. The Kier molecular flexibility index (Phi) is 2.79. The second-order valence-electron chi connectivity index (χ2n) is 4.23. The minimum absolute atomic E-state index is 0.0172. The van der Waals surface area contributed by atoms with Gasteiger partial charge in [0.15, 0.2) is 17.3 Å². The number of carbonyl (C=O) groups is 1. The van der Waals surface area contributed by atoms with Gasteiger partial charge in [0.1, 0.15) is 5.52 Å². The van der Waals surface area contributed by atoms with Crippen molar-refractivity contribution in [2.24, 2.45) is 0 Å². The van der Waals surface area contributed by atoms with Crippen molar-refractivity contribution in [1.29, 1.82) is 0 Å². The predicted molar refractivity (Wildman–Crippen MR) is 68.8 cm³/mol. The topological polar surface area (TPSA) is 68.9 Å². The van der Waals surface area contributed by atoms with E-state index >= 15 is 0 Å². The first-order valence-electron chi connectivity index (χ1n) is 5.89. The van der Waals surface area contributed by atoms with E-state index in [1.165, 1.54) is 0 Å². The normalized spacial score (nSPS) is 10.8. The fourth-order valence-electron chi connectivity index (χ4n) is 1.91. The minimum Gasteiger partial charge on any atom is -0.441 e. The summed E-state index contributed by atoms with van der Waals surface area (Å²) in [6, 6.07) is 8.80. The zero-order valence-corrected chi connectivity index (χ0v) is 10.3. The fourth-order valence-corrected chi connectivity index (χ4v) is 1.91. The number of fused-ring (bicyclic) bond motifs is 1. The number of Topliss-reactive ketones (excluding diaryl/α,β-unsaturated/α-hetero) is 1. The molecule has 0 aliphatic rings. The van der Waals surface area contributed by atoms with Crippen LogP contribution in [0.25, 0.3) is 11.1 Å². The molecule has 0 aliphatic carbocycles. The van der Waals surface area contributed by atoms with Crippen molar-refractivity contribution in [2.45, 2.75) is 13.3 Å². The highest BCUT2D eigenvalue weighted by atomic mass is 16.3. The van der Waals surface area contributed by atoms with Gasteiger partial charge in [-0.3, -0.25) is 4.79 Å². The summed E-state index contributed by atoms with van der Waals surface area (Å²) >= 11 is 0. The van der Waals surface area contributed by atoms with Crippen LogP contribution in [0.4, 0.5) is 0 Å². The molecule has 3 aromatic rings. The molecule has 1 aromatic carbocycles. The number of hydrogen-bond donors (Lipinski definition) is 0. The van der Waals surface area contributed by atoms with Crippen LogP contribution >= 0.6 is 0 Å². The van der Waals surface area contributed by atoms with Gasteiger partial charge in [0.25, 0.3) is 0 Å². The van der Waals surface area contributed by atoms with Crippen LogP contribution in [0.15, 0.2) is 40.9 Å². The Morgan fingerprint density at radius 3 is 3.00 bits per heavy atom. The van der Waals surface area contributed by atoms with Gasteiger partial charge < -0.3 is 4.42 Å². The van der Waals surface area contributed by atoms with Gasteiger partial charge in [0.2, 0.25) is 0 Å². The molecule has 0 unspecified atom stereocenters. The predicted octanol–water partition coefficient (Wildman–Crippen LogP) is 2.35. The van der Waals surface area contributed by atoms with Gasteiger partial charge in [-0.2, -0.15) is 10.2 Å². The lowest BCUT2D eigenvalue weighted by Gasteiger charge is -1.99. The van der Waals surface area contributed by atoms with E-state index in [0.717, 1.165) is 5.52 Å². The number of benzene rings is 1. The van der Waals surface area contributed by atoms with Crippen LogP contribution in [0.5, 0.6) is 0 Å². The molecule has 0 atom stereocenters. The van der Waals surface area contributed by atoms with Crippen molar-refractivity contribution in [3.63, 3.8) is 0 Å². The third-order valence-corrected chi connectivity index (χ3v) is 2.79. The van der Waals surface area contributed by atoms with E-state index in [4.69, 9.17) is 4.42 Å². The van der Waals surface area contributed by atoms with Gasteiger partial charge in [0.05, 0.1) is 12.1 Å². The first-order chi connectivity index (χ1) is 9.22. The average molecular weight is 253 g/mol. The maximum Gasteiger partial charge on any atom is 0.192 e. The number of aryl methyl sites for hydroxylation is 1. The third-order valence-electron chi connectivity index (χ3n) is 2.79. The van der Waals surface area contributed by atoms with Crippen LogP contribution in [0.3, 0.4) is 0 Å². The Morgan fingerprint density at radius 2 is 2.21 bits per heavy atom. The van der Waals surface area contributed by atoms with Gasteiger partial charge >= 0.3 is 0 Å². The average Bonchev–Trinajstić information content (AvgIpc) is 2.78. The smallest absolute Gasteiger partial charge is 0.192 e. The highest BCUT2D eigenvalue weighted by Gasteiger charge is 2.11. The Bertz CT molecular complexity index is 735. The van der Waals surface area contributed by atoms with Gasteiger partial charge in [-0.25, -0.2) is 4.98 Å². The van der Waals surface area contributed by atoms with Crippen LogP contribution in [0, 0.1) is 6.92 Å². The van der Waals surface area contributed by atoms with Crippen molar-refractivity contribution in [1.82, 2.24) is 15.2 Å². The summed E-state index contributed by atoms with van der Waals surface area (Å²) in [5.74, 6) is 0.574. The zero-order chi connectivity index (χ0) is 13.2. The van der Waals surface area contributed by atoms with Gasteiger partial charge in [0, 0.05) is 18.7 Å². The summed E-state index contributed by atoms with van der Waals surface area (Å²) in [5.41, 5.74) is 2.63. The Hall–Kier alpha value is -2.56. The number of aromatic nitrogens is 3. The van der Waals surface area contributed by atoms with E-state index in [2.05, 4.69) is 15.2 Å². The Balaban J connectivity index is 1.89. The van der Waals surface area contributed by atoms with E-state index < -0.39 is 0 Å². The molecule has 0 aliphatic heterocycles. The van der Waals surface area contributed by atoms with Crippen LogP contribution in [0.2, 0.25) is 0 Å². The number of hydrogen-bond acceptors (Lipinski definition) is 5. The number of nitrogens with zero attached hydrogens (tertiary/aromatic N) is 3. The number of rotatable bonds is 3. The lowest BCUT2D eigenvalue weighted by molar-refractivity contribution is 0.0991. The van der Waals surface area contributed by atoms with Gasteiger partial charge in [-0.05, 0) is 30.3 Å². The van der Waals surface area contributed by atoms with E-state index in [1.54, 1.807) is 43.5 Å². The standard InChI is InChI=1S/C14H11N3O2/c1-9-16-12-5-4-10(7-14(12)19-9)13(18)8-11-3-2-6-15-17-11/h2-7H,8H2,1H3. The Labute approximate surface area is 109 Å². The monoisotopic (exact) mass is 253 g/mol. The SMILES string of the molecule is Cc1nc2ccc(C(=O)Cc3cccnn3)cc2o1. The molecular weight excluding hydrogens is 242 g/mol. The van der Waals surface area contributed by atoms with Gasteiger partial charge in [-0.1, -0.05) is 0 Å².